The van der Waals surface area contributed by atoms with Crippen LogP contribution in [0, 0.1) is 0 Å². The van der Waals surface area contributed by atoms with Crippen molar-refractivity contribution < 1.29 is 14.4 Å². The van der Waals surface area contributed by atoms with Gasteiger partial charge in [0.05, 0.1) is 12.8 Å². The molecule has 29 heavy (non-hydrogen) atoms. The maximum Gasteiger partial charge on any atom is 0.191 e. The number of aromatic nitrogens is 1. The third kappa shape index (κ3) is 7.75. The minimum atomic E-state index is 0. The molecule has 1 aromatic carbocycles. The quantitative estimate of drug-likeness (QED) is 0.249. The molecule has 0 saturated carbocycles. The Kier molecular flexibility index (Phi) is 11.5. The molecule has 0 fully saturated rings. The van der Waals surface area contributed by atoms with Gasteiger partial charge in [0.2, 0.25) is 0 Å². The number of nitrogens with one attached hydrogen (secondary N) is 2. The number of nitrogens with zero attached hydrogens (tertiary/aromatic N) is 2. The van der Waals surface area contributed by atoms with Gasteiger partial charge in [0, 0.05) is 31.1 Å². The number of benzene rings is 1. The number of aliphatic imine (C=N–C) groups is 1. The van der Waals surface area contributed by atoms with Crippen molar-refractivity contribution in [3.8, 4) is 11.5 Å². The van der Waals surface area contributed by atoms with E-state index in [1.54, 1.807) is 13.2 Å². The van der Waals surface area contributed by atoms with Crippen molar-refractivity contribution >= 4 is 29.9 Å². The molecular formula is C21H33IN4O3. The standard InChI is InChI=1S/C21H32N4O3.HI/c1-5-15(6-2)19-12-18(28-25-19)14-24-21(22-7-3)23-11-10-16-8-9-17(27-4)13-20(16)26;/h8-9,12-13,15,26H,5-7,10-11,14H2,1-4H3,(H2,22,23,24);1H. The number of aromatic hydroxyl groups is 1. The molecule has 0 aliphatic rings. The molecular weight excluding hydrogens is 483 g/mol. The first kappa shape index (κ1) is 25.1. The first-order valence-corrected chi connectivity index (χ1v) is 9.94. The molecule has 0 aliphatic carbocycles. The SMILES string of the molecule is CCNC(=NCc1cc(C(CC)CC)no1)NCCc1ccc(OC)cc1O.I. The first-order chi connectivity index (χ1) is 13.6. The Hall–Kier alpha value is -1.97. The second-order valence-electron chi connectivity index (χ2n) is 6.60. The maximum atomic E-state index is 10.1. The molecule has 8 heteroatoms. The number of halogens is 1. The van der Waals surface area contributed by atoms with E-state index in [1.807, 2.05) is 25.1 Å². The van der Waals surface area contributed by atoms with E-state index in [4.69, 9.17) is 9.26 Å². The minimum absolute atomic E-state index is 0. The van der Waals surface area contributed by atoms with Crippen LogP contribution in [-0.2, 0) is 13.0 Å². The van der Waals surface area contributed by atoms with Crippen LogP contribution in [0.5, 0.6) is 11.5 Å². The second-order valence-corrected chi connectivity index (χ2v) is 6.60. The van der Waals surface area contributed by atoms with Gasteiger partial charge in [0.15, 0.2) is 11.7 Å². The lowest BCUT2D eigenvalue weighted by atomic mass is 9.99. The fraction of sp³-hybridized carbons (Fsp3) is 0.524. The van der Waals surface area contributed by atoms with E-state index >= 15 is 0 Å². The summed E-state index contributed by atoms with van der Waals surface area (Å²) in [5.41, 5.74) is 1.86. The molecule has 0 amide bonds. The summed E-state index contributed by atoms with van der Waals surface area (Å²) in [7, 11) is 1.58. The highest BCUT2D eigenvalue weighted by Gasteiger charge is 2.13. The van der Waals surface area contributed by atoms with Crippen LogP contribution >= 0.6 is 24.0 Å². The normalized spacial score (nSPS) is 11.3. The van der Waals surface area contributed by atoms with Crippen LogP contribution < -0.4 is 15.4 Å². The third-order valence-corrected chi connectivity index (χ3v) is 4.70. The van der Waals surface area contributed by atoms with Gasteiger partial charge in [-0.05, 0) is 37.8 Å². The van der Waals surface area contributed by atoms with Crippen molar-refractivity contribution in [2.24, 2.45) is 4.99 Å². The summed E-state index contributed by atoms with van der Waals surface area (Å²) in [5, 5.41) is 20.7. The summed E-state index contributed by atoms with van der Waals surface area (Å²) in [4.78, 5) is 4.57. The van der Waals surface area contributed by atoms with Gasteiger partial charge in [0.1, 0.15) is 18.0 Å². The van der Waals surface area contributed by atoms with Crippen molar-refractivity contribution in [2.75, 3.05) is 20.2 Å². The average Bonchev–Trinajstić information content (AvgIpc) is 3.17. The highest BCUT2D eigenvalue weighted by Crippen LogP contribution is 2.24. The average molecular weight is 516 g/mol. The Morgan fingerprint density at radius 2 is 1.97 bits per heavy atom. The molecule has 162 valence electrons. The molecule has 0 spiro atoms. The summed E-state index contributed by atoms with van der Waals surface area (Å²) in [6, 6.07) is 7.33. The predicted molar refractivity (Wildman–Crippen MR) is 126 cm³/mol. The van der Waals surface area contributed by atoms with Crippen LogP contribution in [0.4, 0.5) is 0 Å². The van der Waals surface area contributed by atoms with Gasteiger partial charge in [-0.3, -0.25) is 0 Å². The molecule has 0 bridgehead atoms. The number of hydrogen-bond acceptors (Lipinski definition) is 5. The lowest BCUT2D eigenvalue weighted by Gasteiger charge is -2.12. The maximum absolute atomic E-state index is 10.1. The molecule has 7 nitrogen and oxygen atoms in total. The van der Waals surface area contributed by atoms with Gasteiger partial charge in [-0.1, -0.05) is 25.1 Å². The van der Waals surface area contributed by atoms with E-state index in [2.05, 4.69) is 34.6 Å². The number of ether oxygens (including phenoxy) is 1. The van der Waals surface area contributed by atoms with Crippen molar-refractivity contribution in [1.29, 1.82) is 0 Å². The van der Waals surface area contributed by atoms with E-state index < -0.39 is 0 Å². The van der Waals surface area contributed by atoms with Gasteiger partial charge in [-0.2, -0.15) is 0 Å². The molecule has 0 atom stereocenters. The van der Waals surface area contributed by atoms with Crippen LogP contribution in [0.2, 0.25) is 0 Å². The minimum Gasteiger partial charge on any atom is -0.508 e. The summed E-state index contributed by atoms with van der Waals surface area (Å²) in [6.45, 7) is 8.17. The lowest BCUT2D eigenvalue weighted by molar-refractivity contribution is 0.372. The molecule has 0 aliphatic heterocycles. The van der Waals surface area contributed by atoms with Crippen molar-refractivity contribution in [1.82, 2.24) is 15.8 Å². The summed E-state index contributed by atoms with van der Waals surface area (Å²) < 4.78 is 10.5. The zero-order valence-corrected chi connectivity index (χ0v) is 20.0. The molecule has 2 aromatic rings. The molecule has 0 radical (unpaired) electrons. The Morgan fingerprint density at radius 3 is 2.59 bits per heavy atom. The number of guanidine groups is 1. The van der Waals surface area contributed by atoms with Crippen molar-refractivity contribution in [3.63, 3.8) is 0 Å². The number of hydrogen-bond donors (Lipinski definition) is 3. The predicted octanol–water partition coefficient (Wildman–Crippen LogP) is 4.21. The lowest BCUT2D eigenvalue weighted by Crippen LogP contribution is -2.38. The first-order valence-electron chi connectivity index (χ1n) is 9.94. The van der Waals surface area contributed by atoms with Gasteiger partial charge < -0.3 is 25.0 Å². The van der Waals surface area contributed by atoms with E-state index in [-0.39, 0.29) is 29.7 Å². The molecule has 0 saturated heterocycles. The summed E-state index contributed by atoms with van der Waals surface area (Å²) in [6.07, 6.45) is 2.77. The van der Waals surface area contributed by atoms with Crippen LogP contribution in [0.15, 0.2) is 33.8 Å². The van der Waals surface area contributed by atoms with Crippen molar-refractivity contribution in [3.05, 3.63) is 41.3 Å². The highest BCUT2D eigenvalue weighted by molar-refractivity contribution is 14.0. The second kappa shape index (κ2) is 13.3. The number of phenolic OH excluding ortho intramolecular Hbond substituents is 1. The van der Waals surface area contributed by atoms with Gasteiger partial charge in [-0.15, -0.1) is 24.0 Å². The number of rotatable bonds is 10. The van der Waals surface area contributed by atoms with Crippen LogP contribution in [0.1, 0.15) is 56.5 Å². The van der Waals surface area contributed by atoms with Crippen LogP contribution in [-0.4, -0.2) is 36.4 Å². The van der Waals surface area contributed by atoms with E-state index in [9.17, 15) is 5.11 Å². The Bertz CT molecular complexity index is 760. The molecule has 1 aromatic heterocycles. The fourth-order valence-electron chi connectivity index (χ4n) is 3.00. The summed E-state index contributed by atoms with van der Waals surface area (Å²) in [5.74, 6) is 2.77. The Morgan fingerprint density at radius 1 is 1.21 bits per heavy atom. The smallest absolute Gasteiger partial charge is 0.191 e. The molecule has 1 heterocycles. The third-order valence-electron chi connectivity index (χ3n) is 4.70. The Balaban J connectivity index is 0.00000420. The van der Waals surface area contributed by atoms with Crippen molar-refractivity contribution in [2.45, 2.75) is 52.5 Å². The van der Waals surface area contributed by atoms with E-state index in [1.165, 1.54) is 0 Å². The van der Waals surface area contributed by atoms with Gasteiger partial charge in [-0.25, -0.2) is 4.99 Å². The fourth-order valence-corrected chi connectivity index (χ4v) is 3.00. The van der Waals surface area contributed by atoms with Crippen LogP contribution in [0.3, 0.4) is 0 Å². The number of phenols is 1. The zero-order valence-electron chi connectivity index (χ0n) is 17.7. The Labute approximate surface area is 190 Å². The summed E-state index contributed by atoms with van der Waals surface area (Å²) >= 11 is 0. The largest absolute Gasteiger partial charge is 0.508 e. The van der Waals surface area contributed by atoms with Crippen LogP contribution in [0.25, 0.3) is 0 Å². The molecule has 2 rings (SSSR count). The zero-order chi connectivity index (χ0) is 20.4. The van der Waals surface area contributed by atoms with Gasteiger partial charge in [0.25, 0.3) is 0 Å². The van der Waals surface area contributed by atoms with Gasteiger partial charge >= 0.3 is 0 Å². The monoisotopic (exact) mass is 516 g/mol. The van der Waals surface area contributed by atoms with E-state index in [0.29, 0.717) is 37.1 Å². The topological polar surface area (TPSA) is 91.9 Å². The number of methoxy groups -OCH3 is 1. The molecule has 3 N–H and O–H groups in total. The van der Waals surface area contributed by atoms with E-state index in [0.717, 1.165) is 36.4 Å². The highest BCUT2D eigenvalue weighted by atomic mass is 127. The molecule has 0 unspecified atom stereocenters.